The minimum absolute atomic E-state index is 0.00771. The average Bonchev–Trinajstić information content (AvgIpc) is 3.40. The van der Waals surface area contributed by atoms with Crippen molar-refractivity contribution in [2.24, 2.45) is 5.41 Å². The monoisotopic (exact) mass is 716 g/mol. The molecule has 0 unspecified atom stereocenters. The van der Waals surface area contributed by atoms with Crippen LogP contribution in [0.15, 0.2) is 30.5 Å². The molecule has 12 nitrogen and oxygen atoms in total. The van der Waals surface area contributed by atoms with Crippen LogP contribution < -0.4 is 10.0 Å². The molecule has 2 fully saturated rings. The number of aromatic nitrogens is 3. The van der Waals surface area contributed by atoms with E-state index in [4.69, 9.17) is 14.5 Å². The second-order valence-electron chi connectivity index (χ2n) is 14.8. The Balaban J connectivity index is 1.44. The maximum Gasteiger partial charge on any atom is 0.414 e. The zero-order valence-electron chi connectivity index (χ0n) is 29.1. The summed E-state index contributed by atoms with van der Waals surface area (Å²) in [5.41, 5.74) is -0.552. The highest BCUT2D eigenvalue weighted by Crippen LogP contribution is 2.51. The first kappa shape index (κ1) is 36.4. The first-order valence-electron chi connectivity index (χ1n) is 16.5. The van der Waals surface area contributed by atoms with E-state index in [1.54, 1.807) is 50.8 Å². The Kier molecular flexibility index (Phi) is 10.3. The molecule has 2 aliphatic rings. The summed E-state index contributed by atoms with van der Waals surface area (Å²) >= 11 is 1.39. The van der Waals surface area contributed by atoms with Gasteiger partial charge >= 0.3 is 12.2 Å². The highest BCUT2D eigenvalue weighted by Gasteiger charge is 2.48. The SMILES string of the molecule is CCCS(=O)(=O)Nc1cccc(-c2nc(C3CCC4(CC3)CN(C(=O)OC(C)(C)C)C4)sc2-c2ccnc(NC(=O)OC(C)(C)C)n2)c1F. The molecule has 15 heteroatoms. The number of ether oxygens (including phenoxy) is 2. The third kappa shape index (κ3) is 9.04. The Bertz CT molecular complexity index is 1800. The van der Waals surface area contributed by atoms with Gasteiger partial charge in [0.2, 0.25) is 16.0 Å². The van der Waals surface area contributed by atoms with Crippen LogP contribution in [0.4, 0.5) is 25.6 Å². The van der Waals surface area contributed by atoms with Gasteiger partial charge in [0.05, 0.1) is 32.7 Å². The summed E-state index contributed by atoms with van der Waals surface area (Å²) in [6, 6.07) is 6.18. The van der Waals surface area contributed by atoms with Crippen molar-refractivity contribution in [3.8, 4) is 21.8 Å². The molecule has 1 aliphatic heterocycles. The molecular formula is C34H45FN6O6S2. The Labute approximate surface area is 291 Å². The average molecular weight is 717 g/mol. The number of thiazole rings is 1. The fourth-order valence-corrected chi connectivity index (χ4v) is 8.45. The standard InChI is InChI=1S/C34H45FN6O6S2/c1-8-18-49(44,45)40-23-11-9-10-22(25(23)35)26-27(24-14-17-36-29(37-24)39-30(42)46-32(2,3)4)48-28(38-26)21-12-15-34(16-13-21)19-41(20-34)31(43)47-33(5,6)7/h9-11,14,17,21,40H,8,12-13,15-16,18-20H2,1-7H3,(H,36,37,39,42). The van der Waals surface area contributed by atoms with Crippen molar-refractivity contribution < 1.29 is 31.9 Å². The lowest BCUT2D eigenvalue weighted by atomic mass is 9.66. The van der Waals surface area contributed by atoms with Gasteiger partial charge in [-0.25, -0.2) is 37.3 Å². The lowest BCUT2D eigenvalue weighted by Gasteiger charge is -2.53. The molecule has 1 saturated heterocycles. The molecule has 1 aromatic carbocycles. The van der Waals surface area contributed by atoms with Crippen LogP contribution in [0.25, 0.3) is 21.8 Å². The number of nitrogens with zero attached hydrogens (tertiary/aromatic N) is 4. The van der Waals surface area contributed by atoms with E-state index in [2.05, 4.69) is 20.0 Å². The predicted octanol–water partition coefficient (Wildman–Crippen LogP) is 7.80. The topological polar surface area (TPSA) is 153 Å². The van der Waals surface area contributed by atoms with Crippen molar-refractivity contribution in [2.45, 2.75) is 97.7 Å². The maximum atomic E-state index is 16.1. The Hall–Kier alpha value is -3.85. The summed E-state index contributed by atoms with van der Waals surface area (Å²) in [5, 5.41) is 3.36. The van der Waals surface area contributed by atoms with E-state index < -0.39 is 33.1 Å². The van der Waals surface area contributed by atoms with Crippen molar-refractivity contribution in [3.05, 3.63) is 41.3 Å². The zero-order valence-corrected chi connectivity index (χ0v) is 30.7. The van der Waals surface area contributed by atoms with Gasteiger partial charge in [0.15, 0.2) is 5.82 Å². The number of halogens is 1. The lowest BCUT2D eigenvalue weighted by Crippen LogP contribution is -2.60. The quantitative estimate of drug-likeness (QED) is 0.238. The number of benzene rings is 1. The van der Waals surface area contributed by atoms with Crippen LogP contribution in [-0.4, -0.2) is 70.5 Å². The number of sulfonamides is 1. The number of rotatable bonds is 8. The number of anilines is 2. The second kappa shape index (κ2) is 13.8. The third-order valence-electron chi connectivity index (χ3n) is 8.24. The molecule has 3 aromatic rings. The fraction of sp³-hybridized carbons (Fsp3) is 0.559. The van der Waals surface area contributed by atoms with Gasteiger partial charge < -0.3 is 14.4 Å². The van der Waals surface area contributed by atoms with Crippen molar-refractivity contribution in [1.29, 1.82) is 0 Å². The Morgan fingerprint density at radius 3 is 2.35 bits per heavy atom. The molecule has 2 amide bonds. The fourth-order valence-electron chi connectivity index (χ4n) is 6.10. The molecule has 2 N–H and O–H groups in total. The number of carbonyl (C=O) groups excluding carboxylic acids is 2. The number of nitrogens with one attached hydrogen (secondary N) is 2. The van der Waals surface area contributed by atoms with E-state index in [-0.39, 0.29) is 40.4 Å². The van der Waals surface area contributed by atoms with Crippen LogP contribution in [0, 0.1) is 11.2 Å². The molecule has 5 rings (SSSR count). The minimum atomic E-state index is -3.75. The normalized spacial score (nSPS) is 16.6. The van der Waals surface area contributed by atoms with Gasteiger partial charge in [-0.05, 0) is 91.8 Å². The van der Waals surface area contributed by atoms with Gasteiger partial charge in [-0.1, -0.05) is 13.0 Å². The van der Waals surface area contributed by atoms with Crippen LogP contribution in [-0.2, 0) is 19.5 Å². The van der Waals surface area contributed by atoms with Gasteiger partial charge in [-0.2, -0.15) is 0 Å². The lowest BCUT2D eigenvalue weighted by molar-refractivity contribution is -0.0506. The van der Waals surface area contributed by atoms with Crippen LogP contribution in [0.5, 0.6) is 0 Å². The molecule has 0 atom stereocenters. The Morgan fingerprint density at radius 2 is 1.71 bits per heavy atom. The molecule has 3 heterocycles. The van der Waals surface area contributed by atoms with Crippen LogP contribution >= 0.6 is 11.3 Å². The molecule has 1 aliphatic carbocycles. The second-order valence-corrected chi connectivity index (χ2v) is 17.7. The van der Waals surface area contributed by atoms with E-state index >= 15 is 4.39 Å². The number of carbonyl (C=O) groups is 2. The Morgan fingerprint density at radius 1 is 1.04 bits per heavy atom. The molecule has 1 spiro atoms. The molecule has 1 saturated carbocycles. The number of hydrogen-bond donors (Lipinski definition) is 2. The predicted molar refractivity (Wildman–Crippen MR) is 188 cm³/mol. The first-order valence-corrected chi connectivity index (χ1v) is 18.9. The zero-order chi connectivity index (χ0) is 35.8. The van der Waals surface area contributed by atoms with Crippen molar-refractivity contribution in [2.75, 3.05) is 28.9 Å². The van der Waals surface area contributed by atoms with Gasteiger partial charge in [0.1, 0.15) is 11.2 Å². The summed E-state index contributed by atoms with van der Waals surface area (Å²) in [4.78, 5) is 41.0. The van der Waals surface area contributed by atoms with Gasteiger partial charge in [-0.15, -0.1) is 11.3 Å². The molecule has 0 bridgehead atoms. The van der Waals surface area contributed by atoms with Crippen LogP contribution in [0.1, 0.15) is 91.5 Å². The van der Waals surface area contributed by atoms with E-state index in [0.717, 1.165) is 30.7 Å². The van der Waals surface area contributed by atoms with E-state index in [0.29, 0.717) is 35.8 Å². The summed E-state index contributed by atoms with van der Waals surface area (Å²) in [6.07, 6.45) is 4.34. The highest BCUT2D eigenvalue weighted by molar-refractivity contribution is 7.92. The van der Waals surface area contributed by atoms with Crippen molar-refractivity contribution in [1.82, 2.24) is 19.9 Å². The van der Waals surface area contributed by atoms with Gasteiger partial charge in [-0.3, -0.25) is 10.0 Å². The van der Waals surface area contributed by atoms with Crippen LogP contribution in [0.3, 0.4) is 0 Å². The summed E-state index contributed by atoms with van der Waals surface area (Å²) in [5.74, 6) is -0.793. The van der Waals surface area contributed by atoms with E-state index in [1.807, 2.05) is 20.8 Å². The molecule has 2 aromatic heterocycles. The molecule has 49 heavy (non-hydrogen) atoms. The minimum Gasteiger partial charge on any atom is -0.444 e. The van der Waals surface area contributed by atoms with Gasteiger partial charge in [0.25, 0.3) is 0 Å². The molecular weight excluding hydrogens is 672 g/mol. The van der Waals surface area contributed by atoms with E-state index in [9.17, 15) is 18.0 Å². The van der Waals surface area contributed by atoms with Crippen molar-refractivity contribution >= 4 is 45.2 Å². The number of likely N-dealkylation sites (tertiary alicyclic amines) is 1. The number of hydrogen-bond acceptors (Lipinski definition) is 10. The largest absolute Gasteiger partial charge is 0.444 e. The first-order chi connectivity index (χ1) is 22.9. The highest BCUT2D eigenvalue weighted by atomic mass is 32.2. The van der Waals surface area contributed by atoms with E-state index in [1.165, 1.54) is 23.6 Å². The number of amides is 2. The third-order valence-corrected chi connectivity index (χ3v) is 11.0. The molecule has 0 radical (unpaired) electrons. The van der Waals surface area contributed by atoms with Crippen LogP contribution in [0.2, 0.25) is 0 Å². The van der Waals surface area contributed by atoms with Gasteiger partial charge in [0, 0.05) is 36.2 Å². The molecule has 266 valence electrons. The summed E-state index contributed by atoms with van der Waals surface area (Å²) in [7, 11) is -3.75. The smallest absolute Gasteiger partial charge is 0.414 e. The summed E-state index contributed by atoms with van der Waals surface area (Å²) in [6.45, 7) is 13.8. The van der Waals surface area contributed by atoms with Crippen molar-refractivity contribution in [3.63, 3.8) is 0 Å². The summed E-state index contributed by atoms with van der Waals surface area (Å²) < 4.78 is 54.5. The maximum absolute atomic E-state index is 16.1.